The lowest BCUT2D eigenvalue weighted by Gasteiger charge is -2.32. The number of halogens is 1. The monoisotopic (exact) mass is 545 g/mol. The molecule has 0 saturated heterocycles. The van der Waals surface area contributed by atoms with Gasteiger partial charge in [-0.3, -0.25) is 9.59 Å². The number of benzene rings is 2. The van der Waals surface area contributed by atoms with Gasteiger partial charge < -0.3 is 25.4 Å². The molecule has 1 atom stereocenters. The van der Waals surface area contributed by atoms with E-state index in [0.717, 1.165) is 31.2 Å². The van der Waals surface area contributed by atoms with Gasteiger partial charge in [-0.2, -0.15) is 0 Å². The molecule has 2 aromatic carbocycles. The van der Waals surface area contributed by atoms with Gasteiger partial charge in [-0.05, 0) is 51.8 Å². The van der Waals surface area contributed by atoms with E-state index in [2.05, 4.69) is 17.6 Å². The molecule has 0 saturated carbocycles. The minimum Gasteiger partial charge on any atom is -0.508 e. The summed E-state index contributed by atoms with van der Waals surface area (Å²) in [7, 11) is 0. The third-order valence-electron chi connectivity index (χ3n) is 5.87. The highest BCUT2D eigenvalue weighted by Crippen LogP contribution is 2.32. The smallest absolute Gasteiger partial charge is 0.408 e. The van der Waals surface area contributed by atoms with Crippen molar-refractivity contribution in [2.24, 2.45) is 0 Å². The molecule has 0 aliphatic rings. The van der Waals surface area contributed by atoms with E-state index in [1.807, 2.05) is 13.0 Å². The quantitative estimate of drug-likeness (QED) is 0.269. The van der Waals surface area contributed by atoms with Crippen LogP contribution in [0.3, 0.4) is 0 Å². The Morgan fingerprint density at radius 3 is 2.34 bits per heavy atom. The number of hydrogen-bond acceptors (Lipinski definition) is 5. The number of alkyl carbamates (subject to hydrolysis) is 1. The molecule has 8 nitrogen and oxygen atoms in total. The lowest BCUT2D eigenvalue weighted by atomic mass is 10.0. The van der Waals surface area contributed by atoms with Gasteiger partial charge in [-0.25, -0.2) is 4.79 Å². The maximum absolute atomic E-state index is 13.8. The molecule has 0 spiro atoms. The van der Waals surface area contributed by atoms with E-state index in [4.69, 9.17) is 16.3 Å². The third-order valence-corrected chi connectivity index (χ3v) is 6.18. The SMILES string of the molecule is CCCCCCCN(C(=O)CNC(=O)OC(C)(C)C)C(C(=O)Nc1c(C)cccc1Cl)c1ccccc1O. The number of aryl methyl sites for hydroxylation is 1. The maximum atomic E-state index is 13.8. The first-order chi connectivity index (χ1) is 17.9. The molecule has 3 amide bonds. The van der Waals surface area contributed by atoms with Gasteiger partial charge in [0.05, 0.1) is 10.7 Å². The standard InChI is InChI=1S/C29H40ClN3O5/c1-6-7-8-9-12-18-33(24(35)19-31-28(37)38-29(3,4)5)26(21-15-10-11-17-23(21)34)27(36)32-25-20(2)14-13-16-22(25)30/h10-11,13-17,26,34H,6-9,12,18-19H2,1-5H3,(H,31,37)(H,32,36). The second kappa shape index (κ2) is 14.6. The number of nitrogens with zero attached hydrogens (tertiary/aromatic N) is 1. The molecule has 3 N–H and O–H groups in total. The molecule has 208 valence electrons. The van der Waals surface area contributed by atoms with Crippen LogP contribution >= 0.6 is 11.6 Å². The second-order valence-corrected chi connectivity index (χ2v) is 10.6. The molecule has 0 aliphatic heterocycles. The summed E-state index contributed by atoms with van der Waals surface area (Å²) < 4.78 is 5.26. The van der Waals surface area contributed by atoms with Crippen LogP contribution in [0.5, 0.6) is 5.75 Å². The number of carbonyl (C=O) groups is 3. The van der Waals surface area contributed by atoms with Crippen LogP contribution in [0.2, 0.25) is 5.02 Å². The number of nitrogens with one attached hydrogen (secondary N) is 2. The van der Waals surface area contributed by atoms with Gasteiger partial charge in [-0.1, -0.05) is 74.5 Å². The summed E-state index contributed by atoms with van der Waals surface area (Å²) in [5.41, 5.74) is 0.735. The predicted molar refractivity (Wildman–Crippen MR) is 150 cm³/mol. The molecule has 1 unspecified atom stereocenters. The minimum atomic E-state index is -1.16. The summed E-state index contributed by atoms with van der Waals surface area (Å²) >= 11 is 6.36. The molecule has 9 heteroatoms. The minimum absolute atomic E-state index is 0.118. The summed E-state index contributed by atoms with van der Waals surface area (Å²) in [6, 6.07) is 10.5. The van der Waals surface area contributed by atoms with Crippen molar-refractivity contribution in [3.05, 3.63) is 58.6 Å². The Bertz CT molecular complexity index is 1080. The van der Waals surface area contributed by atoms with Crippen LogP contribution in [-0.2, 0) is 14.3 Å². The molecule has 2 aromatic rings. The Kier molecular flexibility index (Phi) is 11.9. The summed E-state index contributed by atoms with van der Waals surface area (Å²) in [6.45, 7) is 9.01. The fourth-order valence-electron chi connectivity index (χ4n) is 4.00. The van der Waals surface area contributed by atoms with E-state index in [0.29, 0.717) is 17.1 Å². The van der Waals surface area contributed by atoms with Gasteiger partial charge in [0.2, 0.25) is 5.91 Å². The number of carbonyl (C=O) groups excluding carboxylic acids is 3. The highest BCUT2D eigenvalue weighted by molar-refractivity contribution is 6.34. The molecule has 0 fully saturated rings. The number of aromatic hydroxyl groups is 1. The van der Waals surface area contributed by atoms with Crippen LogP contribution in [0, 0.1) is 6.92 Å². The van der Waals surface area contributed by atoms with Crippen molar-refractivity contribution in [1.82, 2.24) is 10.2 Å². The van der Waals surface area contributed by atoms with Crippen LogP contribution in [0.4, 0.5) is 10.5 Å². The molecule has 0 heterocycles. The highest BCUT2D eigenvalue weighted by Gasteiger charge is 2.34. The normalized spacial score (nSPS) is 11.9. The topological polar surface area (TPSA) is 108 Å². The van der Waals surface area contributed by atoms with Crippen LogP contribution in [-0.4, -0.2) is 46.6 Å². The fourth-order valence-corrected chi connectivity index (χ4v) is 4.27. The summed E-state index contributed by atoms with van der Waals surface area (Å²) in [6.07, 6.45) is 3.94. The van der Waals surface area contributed by atoms with Crippen molar-refractivity contribution in [3.8, 4) is 5.75 Å². The van der Waals surface area contributed by atoms with E-state index < -0.39 is 29.6 Å². The Morgan fingerprint density at radius 2 is 1.71 bits per heavy atom. The zero-order valence-electron chi connectivity index (χ0n) is 23.0. The van der Waals surface area contributed by atoms with Crippen molar-refractivity contribution in [3.63, 3.8) is 0 Å². The van der Waals surface area contributed by atoms with Gasteiger partial charge in [0.15, 0.2) is 0 Å². The van der Waals surface area contributed by atoms with Gasteiger partial charge >= 0.3 is 6.09 Å². The van der Waals surface area contributed by atoms with Crippen molar-refractivity contribution in [2.75, 3.05) is 18.4 Å². The molecular weight excluding hydrogens is 506 g/mol. The molecular formula is C29H40ClN3O5. The third kappa shape index (κ3) is 9.56. The van der Waals surface area contributed by atoms with Gasteiger partial charge in [0, 0.05) is 12.1 Å². The van der Waals surface area contributed by atoms with Crippen molar-refractivity contribution in [1.29, 1.82) is 0 Å². The number of phenolic OH excluding ortho intramolecular Hbond substituents is 1. The van der Waals surface area contributed by atoms with E-state index in [1.165, 1.54) is 11.0 Å². The van der Waals surface area contributed by atoms with Crippen molar-refractivity contribution >= 4 is 35.2 Å². The zero-order valence-corrected chi connectivity index (χ0v) is 23.7. The van der Waals surface area contributed by atoms with E-state index >= 15 is 0 Å². The highest BCUT2D eigenvalue weighted by atomic mass is 35.5. The first-order valence-electron chi connectivity index (χ1n) is 13.0. The average molecular weight is 546 g/mol. The number of phenols is 1. The number of ether oxygens (including phenoxy) is 1. The average Bonchev–Trinajstić information content (AvgIpc) is 2.84. The Labute approximate surface area is 230 Å². The fraction of sp³-hybridized carbons (Fsp3) is 0.483. The molecule has 0 aliphatic carbocycles. The van der Waals surface area contributed by atoms with E-state index in [1.54, 1.807) is 51.1 Å². The lowest BCUT2D eigenvalue weighted by molar-refractivity contribution is -0.138. The number of para-hydroxylation sites is 2. The Balaban J connectivity index is 2.40. The van der Waals surface area contributed by atoms with Gasteiger partial charge in [-0.15, -0.1) is 0 Å². The number of amides is 3. The van der Waals surface area contributed by atoms with E-state index in [-0.39, 0.29) is 24.4 Å². The first-order valence-corrected chi connectivity index (χ1v) is 13.4. The Morgan fingerprint density at radius 1 is 1.03 bits per heavy atom. The van der Waals surface area contributed by atoms with Crippen molar-refractivity contribution < 1.29 is 24.2 Å². The predicted octanol–water partition coefficient (Wildman–Crippen LogP) is 6.36. The summed E-state index contributed by atoms with van der Waals surface area (Å²) in [4.78, 5) is 40.9. The maximum Gasteiger partial charge on any atom is 0.408 e. The Hall–Kier alpha value is -3.26. The zero-order chi connectivity index (χ0) is 28.3. The lowest BCUT2D eigenvalue weighted by Crippen LogP contribution is -2.47. The summed E-state index contributed by atoms with van der Waals surface area (Å²) in [5.74, 6) is -1.13. The molecule has 38 heavy (non-hydrogen) atoms. The van der Waals surface area contributed by atoms with Gasteiger partial charge in [0.1, 0.15) is 23.9 Å². The number of rotatable bonds is 12. The number of hydrogen-bond donors (Lipinski definition) is 3. The number of anilines is 1. The van der Waals surface area contributed by atoms with Crippen LogP contribution in [0.25, 0.3) is 0 Å². The second-order valence-electron chi connectivity index (χ2n) is 10.2. The number of unbranched alkanes of at least 4 members (excludes halogenated alkanes) is 4. The van der Waals surface area contributed by atoms with Crippen molar-refractivity contribution in [2.45, 2.75) is 78.4 Å². The molecule has 2 rings (SSSR count). The summed E-state index contributed by atoms with van der Waals surface area (Å²) in [5, 5.41) is 16.4. The largest absolute Gasteiger partial charge is 0.508 e. The molecule has 0 aromatic heterocycles. The molecule has 0 bridgehead atoms. The van der Waals surface area contributed by atoms with Gasteiger partial charge in [0.25, 0.3) is 5.91 Å². The molecule has 0 radical (unpaired) electrons. The van der Waals surface area contributed by atoms with E-state index in [9.17, 15) is 19.5 Å². The van der Waals surface area contributed by atoms with Crippen LogP contribution in [0.15, 0.2) is 42.5 Å². The van der Waals surface area contributed by atoms with Crippen LogP contribution in [0.1, 0.15) is 77.0 Å². The van der Waals surface area contributed by atoms with Crippen LogP contribution < -0.4 is 10.6 Å². The first kappa shape index (κ1) is 31.0.